The van der Waals surface area contributed by atoms with E-state index in [0.29, 0.717) is 6.54 Å². The Hall–Kier alpha value is -0.320. The van der Waals surface area contributed by atoms with Gasteiger partial charge < -0.3 is 10.0 Å². The second-order valence-electron chi connectivity index (χ2n) is 3.08. The molecule has 1 rings (SSSR count). The number of aliphatic hydroxyl groups excluding tert-OH is 1. The van der Waals surface area contributed by atoms with Crippen molar-refractivity contribution in [3.63, 3.8) is 0 Å². The summed E-state index contributed by atoms with van der Waals surface area (Å²) in [6.07, 6.45) is 0. The van der Waals surface area contributed by atoms with Crippen molar-refractivity contribution in [3.8, 4) is 0 Å². The summed E-state index contributed by atoms with van der Waals surface area (Å²) in [5, 5.41) is 8.70. The molecule has 1 aliphatic rings. The van der Waals surface area contributed by atoms with E-state index in [1.165, 1.54) is 0 Å². The molecule has 5 heteroatoms. The van der Waals surface area contributed by atoms with Crippen molar-refractivity contribution < 1.29 is 9.90 Å². The number of hydrogen-bond donors (Lipinski definition) is 1. The Kier molecular flexibility index (Phi) is 4.48. The average Bonchev–Trinajstić information content (AvgIpc) is 2.18. The lowest BCUT2D eigenvalue weighted by Crippen LogP contribution is -2.49. The van der Waals surface area contributed by atoms with Gasteiger partial charge in [-0.1, -0.05) is 0 Å². The maximum Gasteiger partial charge on any atom is 0.237 e. The fourth-order valence-corrected chi connectivity index (χ4v) is 1.62. The van der Waals surface area contributed by atoms with Crippen molar-refractivity contribution in [2.45, 2.75) is 0 Å². The molecule has 4 nitrogen and oxygen atoms in total. The van der Waals surface area contributed by atoms with Gasteiger partial charge in [0.1, 0.15) is 5.88 Å². The summed E-state index contributed by atoms with van der Waals surface area (Å²) in [6, 6.07) is 0. The number of alkyl halides is 1. The molecule has 0 atom stereocenters. The van der Waals surface area contributed by atoms with Crippen LogP contribution < -0.4 is 0 Å². The SMILES string of the molecule is O=C(CCl)N1CCN(CCO)CC1. The van der Waals surface area contributed by atoms with Gasteiger partial charge in [0.05, 0.1) is 6.61 Å². The number of hydrogen-bond acceptors (Lipinski definition) is 3. The van der Waals surface area contributed by atoms with Crippen LogP contribution in [0.25, 0.3) is 0 Å². The predicted octanol–water partition coefficient (Wildman–Crippen LogP) is -0.638. The molecule has 0 spiro atoms. The molecule has 1 heterocycles. The lowest BCUT2D eigenvalue weighted by atomic mass is 10.3. The lowest BCUT2D eigenvalue weighted by molar-refractivity contribution is -0.130. The summed E-state index contributed by atoms with van der Waals surface area (Å²) in [6.45, 7) is 4.01. The highest BCUT2D eigenvalue weighted by molar-refractivity contribution is 6.27. The molecule has 13 heavy (non-hydrogen) atoms. The van der Waals surface area contributed by atoms with Gasteiger partial charge in [-0.2, -0.15) is 0 Å². The van der Waals surface area contributed by atoms with Gasteiger partial charge in [-0.3, -0.25) is 9.69 Å². The van der Waals surface area contributed by atoms with E-state index in [-0.39, 0.29) is 18.4 Å². The van der Waals surface area contributed by atoms with Gasteiger partial charge in [0.25, 0.3) is 0 Å². The zero-order chi connectivity index (χ0) is 9.68. The molecule has 0 radical (unpaired) electrons. The van der Waals surface area contributed by atoms with E-state index >= 15 is 0 Å². The fraction of sp³-hybridized carbons (Fsp3) is 0.875. The Labute approximate surface area is 83.1 Å². The molecule has 1 aliphatic heterocycles. The summed E-state index contributed by atoms with van der Waals surface area (Å²) in [7, 11) is 0. The standard InChI is InChI=1S/C8H15ClN2O2/c9-7-8(13)11-3-1-10(2-4-11)5-6-12/h12H,1-7H2. The van der Waals surface area contributed by atoms with Gasteiger partial charge in [0.15, 0.2) is 0 Å². The molecule has 0 unspecified atom stereocenters. The predicted molar refractivity (Wildman–Crippen MR) is 50.8 cm³/mol. The van der Waals surface area contributed by atoms with Gasteiger partial charge in [-0.25, -0.2) is 0 Å². The van der Waals surface area contributed by atoms with Gasteiger partial charge >= 0.3 is 0 Å². The van der Waals surface area contributed by atoms with Gasteiger partial charge in [-0.05, 0) is 0 Å². The highest BCUT2D eigenvalue weighted by Gasteiger charge is 2.19. The molecule has 1 fully saturated rings. The largest absolute Gasteiger partial charge is 0.395 e. The van der Waals surface area contributed by atoms with Crippen molar-refractivity contribution in [2.75, 3.05) is 45.2 Å². The molecule has 0 aliphatic carbocycles. The van der Waals surface area contributed by atoms with Crippen LogP contribution in [0.1, 0.15) is 0 Å². The van der Waals surface area contributed by atoms with Crippen LogP contribution in [0.2, 0.25) is 0 Å². The van der Waals surface area contributed by atoms with Crippen molar-refractivity contribution in [3.05, 3.63) is 0 Å². The number of nitrogens with zero attached hydrogens (tertiary/aromatic N) is 2. The Morgan fingerprint density at radius 3 is 2.38 bits per heavy atom. The Morgan fingerprint density at radius 1 is 1.31 bits per heavy atom. The van der Waals surface area contributed by atoms with Crippen LogP contribution in [-0.4, -0.2) is 66.0 Å². The number of rotatable bonds is 3. The molecule has 0 aromatic rings. The number of piperazine rings is 1. The smallest absolute Gasteiger partial charge is 0.237 e. The van der Waals surface area contributed by atoms with Gasteiger partial charge in [-0.15, -0.1) is 11.6 Å². The number of halogens is 1. The third-order valence-corrected chi connectivity index (χ3v) is 2.48. The highest BCUT2D eigenvalue weighted by atomic mass is 35.5. The molecule has 0 aromatic heterocycles. The first-order valence-electron chi connectivity index (χ1n) is 4.45. The van der Waals surface area contributed by atoms with E-state index in [1.54, 1.807) is 4.90 Å². The lowest BCUT2D eigenvalue weighted by Gasteiger charge is -2.33. The van der Waals surface area contributed by atoms with Crippen LogP contribution in [0.3, 0.4) is 0 Å². The minimum Gasteiger partial charge on any atom is -0.395 e. The van der Waals surface area contributed by atoms with Crippen LogP contribution in [-0.2, 0) is 4.79 Å². The van der Waals surface area contributed by atoms with Gasteiger partial charge in [0, 0.05) is 32.7 Å². The van der Waals surface area contributed by atoms with Crippen LogP contribution in [0.5, 0.6) is 0 Å². The summed E-state index contributed by atoms with van der Waals surface area (Å²) in [5.41, 5.74) is 0. The maximum absolute atomic E-state index is 11.2. The number of amides is 1. The van der Waals surface area contributed by atoms with Crippen molar-refractivity contribution in [1.82, 2.24) is 9.80 Å². The third-order valence-electron chi connectivity index (χ3n) is 2.26. The number of carbonyl (C=O) groups is 1. The summed E-state index contributed by atoms with van der Waals surface area (Å²) >= 11 is 5.44. The summed E-state index contributed by atoms with van der Waals surface area (Å²) < 4.78 is 0. The molecular formula is C8H15ClN2O2. The summed E-state index contributed by atoms with van der Waals surface area (Å²) in [5.74, 6) is 0.0744. The molecule has 1 saturated heterocycles. The van der Waals surface area contributed by atoms with E-state index in [1.807, 2.05) is 0 Å². The maximum atomic E-state index is 11.2. The molecule has 76 valence electrons. The average molecular weight is 207 g/mol. The first-order chi connectivity index (χ1) is 6.27. The Morgan fingerprint density at radius 2 is 1.92 bits per heavy atom. The third kappa shape index (κ3) is 3.14. The Bertz CT molecular complexity index is 170. The molecule has 1 N–H and O–H groups in total. The quantitative estimate of drug-likeness (QED) is 0.625. The highest BCUT2D eigenvalue weighted by Crippen LogP contribution is 2.01. The second-order valence-corrected chi connectivity index (χ2v) is 3.35. The molecular weight excluding hydrogens is 192 g/mol. The monoisotopic (exact) mass is 206 g/mol. The van der Waals surface area contributed by atoms with Crippen LogP contribution in [0.4, 0.5) is 0 Å². The first-order valence-corrected chi connectivity index (χ1v) is 4.98. The molecule has 0 aromatic carbocycles. The number of carbonyl (C=O) groups excluding carboxylic acids is 1. The van der Waals surface area contributed by atoms with Crippen molar-refractivity contribution in [2.24, 2.45) is 0 Å². The van der Waals surface area contributed by atoms with Crippen LogP contribution in [0.15, 0.2) is 0 Å². The number of aliphatic hydroxyl groups is 1. The van der Waals surface area contributed by atoms with E-state index in [4.69, 9.17) is 16.7 Å². The second kappa shape index (κ2) is 5.42. The fourth-order valence-electron chi connectivity index (χ4n) is 1.45. The topological polar surface area (TPSA) is 43.8 Å². The molecule has 0 saturated carbocycles. The van der Waals surface area contributed by atoms with Crippen LogP contribution in [0, 0.1) is 0 Å². The van der Waals surface area contributed by atoms with E-state index in [9.17, 15) is 4.79 Å². The van der Waals surface area contributed by atoms with E-state index in [0.717, 1.165) is 26.2 Å². The normalized spacial score (nSPS) is 19.1. The minimum atomic E-state index is 0.00492. The van der Waals surface area contributed by atoms with E-state index in [2.05, 4.69) is 4.90 Å². The zero-order valence-electron chi connectivity index (χ0n) is 7.58. The number of β-amino-alcohol motifs (C(OH)–C–C–N with tert-alkyl or cyclic N) is 1. The van der Waals surface area contributed by atoms with Crippen molar-refractivity contribution in [1.29, 1.82) is 0 Å². The Balaban J connectivity index is 2.26. The van der Waals surface area contributed by atoms with E-state index < -0.39 is 0 Å². The molecule has 0 bridgehead atoms. The van der Waals surface area contributed by atoms with Crippen molar-refractivity contribution >= 4 is 17.5 Å². The zero-order valence-corrected chi connectivity index (χ0v) is 8.33. The molecule has 1 amide bonds. The first kappa shape index (κ1) is 10.8. The summed E-state index contributed by atoms with van der Waals surface area (Å²) in [4.78, 5) is 15.1. The van der Waals surface area contributed by atoms with Crippen LogP contribution >= 0.6 is 11.6 Å². The minimum absolute atomic E-state index is 0.00492. The van der Waals surface area contributed by atoms with Gasteiger partial charge in [0.2, 0.25) is 5.91 Å².